The van der Waals surface area contributed by atoms with Gasteiger partial charge in [-0.2, -0.15) is 13.5 Å². The van der Waals surface area contributed by atoms with Gasteiger partial charge in [-0.05, 0) is 39.5 Å². The third kappa shape index (κ3) is 11.2. The largest absolute Gasteiger partial charge is 0.444 e. The number of aromatic nitrogens is 1. The number of hydrogen-bond donors (Lipinski definition) is 2. The molecule has 0 aliphatic carbocycles. The summed E-state index contributed by atoms with van der Waals surface area (Å²) in [6.45, 7) is 9.52. The Morgan fingerprint density at radius 1 is 1.10 bits per heavy atom. The van der Waals surface area contributed by atoms with Gasteiger partial charge in [-0.25, -0.2) is 9.78 Å². The number of hydrogen-bond acceptors (Lipinski definition) is 5. The number of ether oxygens (including phenoxy) is 1. The third-order valence-corrected chi connectivity index (χ3v) is 4.60. The fraction of sp³-hybridized carbons (Fsp3) is 0.522. The number of nitrogens with zero attached hydrogens (tertiary/aromatic N) is 1. The van der Waals surface area contributed by atoms with Crippen LogP contribution in [0.4, 0.5) is 9.93 Å². The minimum absolute atomic E-state index is 0. The second kappa shape index (κ2) is 14.1. The smallest absolute Gasteiger partial charge is 0.408 e. The Hall–Kier alpha value is -2.06. The molecule has 2 amide bonds. The number of nitrogens with one attached hydrogen (secondary N) is 2. The molecule has 1 aromatic heterocycles. The van der Waals surface area contributed by atoms with Crippen molar-refractivity contribution in [2.24, 2.45) is 5.92 Å². The number of carbonyl (C=O) groups is 2. The van der Waals surface area contributed by atoms with Gasteiger partial charge in [-0.1, -0.05) is 59.0 Å². The molecule has 1 aromatic carbocycles. The number of benzene rings is 1. The van der Waals surface area contributed by atoms with Crippen LogP contribution < -0.4 is 10.6 Å². The van der Waals surface area contributed by atoms with E-state index in [9.17, 15) is 9.59 Å². The molecule has 8 heteroatoms. The molecular weight excluding hydrogens is 430 g/mol. The van der Waals surface area contributed by atoms with E-state index in [1.54, 1.807) is 20.8 Å². The molecule has 2 rings (SSSR count). The van der Waals surface area contributed by atoms with Crippen LogP contribution in [-0.4, -0.2) is 28.6 Å². The molecule has 0 fully saturated rings. The van der Waals surface area contributed by atoms with Gasteiger partial charge in [0.1, 0.15) is 11.6 Å². The van der Waals surface area contributed by atoms with E-state index in [2.05, 4.69) is 29.5 Å². The molecule has 6 nitrogen and oxygen atoms in total. The lowest BCUT2D eigenvalue weighted by Crippen LogP contribution is -2.45. The van der Waals surface area contributed by atoms with Gasteiger partial charge in [0.15, 0.2) is 5.13 Å². The number of thiazole rings is 1. The minimum Gasteiger partial charge on any atom is -0.444 e. The Bertz CT molecular complexity index is 787. The van der Waals surface area contributed by atoms with Gasteiger partial charge in [0.25, 0.3) is 0 Å². The van der Waals surface area contributed by atoms with E-state index >= 15 is 0 Å². The summed E-state index contributed by atoms with van der Waals surface area (Å²) in [5.74, 6) is 0.126. The normalized spacial score (nSPS) is 11.3. The molecular formula is C23H39N3O3S2. The Labute approximate surface area is 198 Å². The van der Waals surface area contributed by atoms with Crippen LogP contribution in [0.1, 0.15) is 62.3 Å². The first-order valence-corrected chi connectivity index (χ1v) is 10.3. The number of rotatable bonds is 7. The highest BCUT2D eigenvalue weighted by molar-refractivity contribution is 7.59. The summed E-state index contributed by atoms with van der Waals surface area (Å²) in [6, 6.07) is 9.09. The second-order valence-electron chi connectivity index (χ2n) is 8.06. The Morgan fingerprint density at radius 3 is 2.26 bits per heavy atom. The van der Waals surface area contributed by atoms with Gasteiger partial charge in [-0.15, -0.1) is 11.3 Å². The molecule has 0 saturated heterocycles. The van der Waals surface area contributed by atoms with Gasteiger partial charge in [0.05, 0.1) is 5.69 Å². The topological polar surface area (TPSA) is 80.3 Å². The van der Waals surface area contributed by atoms with Crippen LogP contribution in [0.25, 0.3) is 11.3 Å². The first-order valence-electron chi connectivity index (χ1n) is 9.45. The molecule has 0 spiro atoms. The number of anilines is 1. The highest BCUT2D eigenvalue weighted by Gasteiger charge is 2.25. The summed E-state index contributed by atoms with van der Waals surface area (Å²) in [5, 5.41) is 7.92. The zero-order chi connectivity index (χ0) is 20.7. The number of amides is 2. The Kier molecular flexibility index (Phi) is 14.1. The van der Waals surface area contributed by atoms with Gasteiger partial charge in [-0.3, -0.25) is 4.79 Å². The number of carbonyl (C=O) groups excluding carboxylic acids is 2. The molecule has 31 heavy (non-hydrogen) atoms. The van der Waals surface area contributed by atoms with E-state index < -0.39 is 17.7 Å². The molecule has 0 radical (unpaired) electrons. The van der Waals surface area contributed by atoms with Crippen LogP contribution >= 0.6 is 24.8 Å². The lowest BCUT2D eigenvalue weighted by atomic mass is 10.0. The fourth-order valence-corrected chi connectivity index (χ4v) is 3.21. The van der Waals surface area contributed by atoms with Gasteiger partial charge >= 0.3 is 6.09 Å². The van der Waals surface area contributed by atoms with E-state index in [-0.39, 0.29) is 34.3 Å². The van der Waals surface area contributed by atoms with Crippen molar-refractivity contribution in [3.05, 3.63) is 35.7 Å². The second-order valence-corrected chi connectivity index (χ2v) is 8.92. The van der Waals surface area contributed by atoms with E-state index in [0.29, 0.717) is 17.5 Å². The van der Waals surface area contributed by atoms with Crippen molar-refractivity contribution < 1.29 is 14.3 Å². The van der Waals surface area contributed by atoms with E-state index in [1.165, 1.54) is 11.3 Å². The highest BCUT2D eigenvalue weighted by Crippen LogP contribution is 2.25. The molecule has 0 aliphatic rings. The van der Waals surface area contributed by atoms with Crippen molar-refractivity contribution in [2.45, 2.75) is 74.0 Å². The van der Waals surface area contributed by atoms with Crippen LogP contribution in [0.5, 0.6) is 0 Å². The van der Waals surface area contributed by atoms with E-state index in [4.69, 9.17) is 4.74 Å². The van der Waals surface area contributed by atoms with Gasteiger partial charge in [0.2, 0.25) is 5.91 Å². The van der Waals surface area contributed by atoms with E-state index in [0.717, 1.165) is 17.7 Å². The van der Waals surface area contributed by atoms with Crippen LogP contribution in [0.2, 0.25) is 0 Å². The molecule has 0 unspecified atom stereocenters. The summed E-state index contributed by atoms with van der Waals surface area (Å²) in [6.07, 6.45) is 0.737. The van der Waals surface area contributed by atoms with E-state index in [1.807, 2.05) is 35.7 Å². The van der Waals surface area contributed by atoms with Crippen LogP contribution in [0.15, 0.2) is 35.7 Å². The van der Waals surface area contributed by atoms with Crippen LogP contribution in [0, 0.1) is 5.92 Å². The molecule has 1 atom stereocenters. The third-order valence-electron chi connectivity index (χ3n) is 3.84. The van der Waals surface area contributed by atoms with Crippen molar-refractivity contribution in [1.82, 2.24) is 10.3 Å². The SMILES string of the molecule is C.C.CC(C)CC[C@H](NC(=O)OC(C)(C)C)C(=O)Nc1nc(-c2ccccc2)cs1.S. The van der Waals surface area contributed by atoms with Crippen molar-refractivity contribution in [3.63, 3.8) is 0 Å². The van der Waals surface area contributed by atoms with Gasteiger partial charge < -0.3 is 15.4 Å². The zero-order valence-corrected chi connectivity index (χ0v) is 19.4. The summed E-state index contributed by atoms with van der Waals surface area (Å²) in [5.41, 5.74) is 1.17. The summed E-state index contributed by atoms with van der Waals surface area (Å²) in [4.78, 5) is 29.4. The monoisotopic (exact) mass is 469 g/mol. The fourth-order valence-electron chi connectivity index (χ4n) is 2.48. The maximum absolute atomic E-state index is 12.8. The molecule has 0 bridgehead atoms. The van der Waals surface area contributed by atoms with Crippen LogP contribution in [0.3, 0.4) is 0 Å². The highest BCUT2D eigenvalue weighted by atomic mass is 32.1. The maximum Gasteiger partial charge on any atom is 0.408 e. The lowest BCUT2D eigenvalue weighted by molar-refractivity contribution is -0.118. The average Bonchev–Trinajstić information content (AvgIpc) is 3.06. The first-order chi connectivity index (χ1) is 13.1. The number of alkyl carbamates (subject to hydrolysis) is 1. The van der Waals surface area contributed by atoms with Gasteiger partial charge in [0, 0.05) is 10.9 Å². The van der Waals surface area contributed by atoms with Crippen LogP contribution in [-0.2, 0) is 9.53 Å². The maximum atomic E-state index is 12.8. The average molecular weight is 470 g/mol. The summed E-state index contributed by atoms with van der Waals surface area (Å²) in [7, 11) is 0. The van der Waals surface area contributed by atoms with Crippen molar-refractivity contribution in [2.75, 3.05) is 5.32 Å². The standard InChI is InChI=1S/C21H29N3O3S.2CH4.H2S/c1-14(2)11-12-16(23-20(26)27-21(3,4)5)18(25)24-19-22-17(13-28-19)15-9-7-6-8-10-15;;;/h6-10,13-14,16H,11-12H2,1-5H3,(H,23,26)(H,22,24,25);2*1H4;1H2/t16-;;;/m0.../s1. The molecule has 1 heterocycles. The molecule has 0 aliphatic heterocycles. The van der Waals surface area contributed by atoms with Crippen molar-refractivity contribution >= 4 is 42.0 Å². The first kappa shape index (κ1) is 31.1. The molecule has 176 valence electrons. The molecule has 2 N–H and O–H groups in total. The Morgan fingerprint density at radius 2 is 1.71 bits per heavy atom. The minimum atomic E-state index is -0.679. The zero-order valence-electron chi connectivity index (χ0n) is 17.6. The molecule has 0 saturated carbocycles. The Balaban J connectivity index is 0. The predicted octanol–water partition coefficient (Wildman–Crippen LogP) is 6.46. The lowest BCUT2D eigenvalue weighted by Gasteiger charge is -2.23. The summed E-state index contributed by atoms with van der Waals surface area (Å²) >= 11 is 1.36. The predicted molar refractivity (Wildman–Crippen MR) is 137 cm³/mol. The van der Waals surface area contributed by atoms with Crippen molar-refractivity contribution in [3.8, 4) is 11.3 Å². The molecule has 2 aromatic rings. The quantitative estimate of drug-likeness (QED) is 0.487. The van der Waals surface area contributed by atoms with Crippen molar-refractivity contribution in [1.29, 1.82) is 0 Å². The summed E-state index contributed by atoms with van der Waals surface area (Å²) < 4.78 is 5.29.